The molecule has 0 aliphatic carbocycles. The predicted molar refractivity (Wildman–Crippen MR) is 105 cm³/mol. The second-order valence-electron chi connectivity index (χ2n) is 7.72. The van der Waals surface area contributed by atoms with Crippen molar-refractivity contribution in [1.82, 2.24) is 15.1 Å². The average molecular weight is 354 g/mol. The summed E-state index contributed by atoms with van der Waals surface area (Å²) >= 11 is 0. The lowest BCUT2D eigenvalue weighted by Gasteiger charge is -2.34. The van der Waals surface area contributed by atoms with Gasteiger partial charge in [-0.1, -0.05) is 30.3 Å². The van der Waals surface area contributed by atoms with Crippen LogP contribution in [0.25, 0.3) is 0 Å². The van der Waals surface area contributed by atoms with Gasteiger partial charge in [0.2, 0.25) is 0 Å². The van der Waals surface area contributed by atoms with Crippen LogP contribution in [0, 0.1) is 0 Å². The number of piperidine rings is 1. The van der Waals surface area contributed by atoms with E-state index >= 15 is 0 Å². The molecular formula is C22H31N3O. The first-order valence-corrected chi connectivity index (χ1v) is 10.2. The molecule has 4 nitrogen and oxygen atoms in total. The van der Waals surface area contributed by atoms with Crippen molar-refractivity contribution in [2.75, 3.05) is 32.7 Å². The van der Waals surface area contributed by atoms with E-state index in [1.165, 1.54) is 57.4 Å². The van der Waals surface area contributed by atoms with Crippen LogP contribution in [0.5, 0.6) is 0 Å². The molecule has 0 amide bonds. The van der Waals surface area contributed by atoms with Crippen molar-refractivity contribution < 1.29 is 4.42 Å². The molecule has 1 atom stereocenters. The average Bonchev–Trinajstić information content (AvgIpc) is 3.39. The minimum absolute atomic E-state index is 0.384. The van der Waals surface area contributed by atoms with Gasteiger partial charge in [-0.2, -0.15) is 0 Å². The Morgan fingerprint density at radius 1 is 0.962 bits per heavy atom. The van der Waals surface area contributed by atoms with E-state index < -0.39 is 0 Å². The summed E-state index contributed by atoms with van der Waals surface area (Å²) in [5.41, 5.74) is 1.42. The van der Waals surface area contributed by atoms with Gasteiger partial charge in [0.05, 0.1) is 12.3 Å². The zero-order valence-electron chi connectivity index (χ0n) is 15.6. The highest BCUT2D eigenvalue weighted by Gasteiger charge is 2.27. The number of hydrogen-bond acceptors (Lipinski definition) is 4. The molecule has 0 radical (unpaired) electrons. The van der Waals surface area contributed by atoms with Crippen LogP contribution in [0.2, 0.25) is 0 Å². The van der Waals surface area contributed by atoms with Gasteiger partial charge in [0.1, 0.15) is 5.76 Å². The molecule has 4 heteroatoms. The minimum atomic E-state index is 0.384. The van der Waals surface area contributed by atoms with Crippen molar-refractivity contribution >= 4 is 0 Å². The number of furan rings is 1. The maximum Gasteiger partial charge on any atom is 0.122 e. The molecule has 1 aromatic heterocycles. The molecule has 0 saturated carbocycles. The van der Waals surface area contributed by atoms with Gasteiger partial charge < -0.3 is 9.73 Å². The predicted octanol–water partition coefficient (Wildman–Crippen LogP) is 3.67. The Bertz CT molecular complexity index is 629. The van der Waals surface area contributed by atoms with Crippen molar-refractivity contribution in [2.24, 2.45) is 0 Å². The summed E-state index contributed by atoms with van der Waals surface area (Å²) in [6, 6.07) is 16.0. The minimum Gasteiger partial charge on any atom is -0.468 e. The molecule has 0 bridgehead atoms. The first-order chi connectivity index (χ1) is 12.9. The maximum absolute atomic E-state index is 5.74. The second kappa shape index (κ2) is 8.85. The lowest BCUT2D eigenvalue weighted by Crippen LogP contribution is -2.45. The Morgan fingerprint density at radius 3 is 2.42 bits per heavy atom. The largest absolute Gasteiger partial charge is 0.468 e. The fraction of sp³-hybridized carbons (Fsp3) is 0.545. The standard InChI is InChI=1S/C22H31N3O/c1-2-7-19(8-3-1)18-24-14-10-20(11-15-24)23-17-21(22-9-6-16-26-22)25-12-4-5-13-25/h1-3,6-9,16,20-21,23H,4-5,10-15,17-18H2/t21-/m0/s1. The summed E-state index contributed by atoms with van der Waals surface area (Å²) in [5.74, 6) is 1.11. The van der Waals surface area contributed by atoms with Gasteiger partial charge in [0.15, 0.2) is 0 Å². The highest BCUT2D eigenvalue weighted by Crippen LogP contribution is 2.25. The van der Waals surface area contributed by atoms with Crippen LogP contribution in [0.3, 0.4) is 0 Å². The van der Waals surface area contributed by atoms with E-state index in [0.29, 0.717) is 12.1 Å². The molecule has 26 heavy (non-hydrogen) atoms. The SMILES string of the molecule is c1ccc(CN2CCC(NC[C@@H](c3ccco3)N3CCCC3)CC2)cc1. The molecule has 1 aromatic carbocycles. The zero-order valence-corrected chi connectivity index (χ0v) is 15.6. The number of rotatable bonds is 7. The molecule has 2 fully saturated rings. The summed E-state index contributed by atoms with van der Waals surface area (Å²) < 4.78 is 5.74. The summed E-state index contributed by atoms with van der Waals surface area (Å²) in [5, 5.41) is 3.84. The highest BCUT2D eigenvalue weighted by atomic mass is 16.3. The van der Waals surface area contributed by atoms with Crippen LogP contribution in [0.4, 0.5) is 0 Å². The highest BCUT2D eigenvalue weighted by molar-refractivity contribution is 5.14. The fourth-order valence-corrected chi connectivity index (χ4v) is 4.36. The Morgan fingerprint density at radius 2 is 1.73 bits per heavy atom. The Kier molecular flexibility index (Phi) is 6.05. The van der Waals surface area contributed by atoms with Gasteiger partial charge in [-0.25, -0.2) is 0 Å². The molecule has 140 valence electrons. The Hall–Kier alpha value is -1.62. The topological polar surface area (TPSA) is 31.6 Å². The lowest BCUT2D eigenvalue weighted by molar-refractivity contribution is 0.169. The zero-order chi connectivity index (χ0) is 17.6. The van der Waals surface area contributed by atoms with Crippen molar-refractivity contribution in [2.45, 2.75) is 44.3 Å². The molecule has 2 aliphatic rings. The van der Waals surface area contributed by atoms with Crippen LogP contribution in [-0.2, 0) is 6.54 Å². The van der Waals surface area contributed by atoms with Crippen LogP contribution < -0.4 is 5.32 Å². The summed E-state index contributed by atoms with van der Waals surface area (Å²) in [7, 11) is 0. The molecule has 3 heterocycles. The van der Waals surface area contributed by atoms with Gasteiger partial charge in [-0.05, 0) is 69.6 Å². The molecule has 0 unspecified atom stereocenters. The quantitative estimate of drug-likeness (QED) is 0.823. The number of likely N-dealkylation sites (tertiary alicyclic amines) is 2. The van der Waals surface area contributed by atoms with Gasteiger partial charge in [-0.3, -0.25) is 9.80 Å². The first-order valence-electron chi connectivity index (χ1n) is 10.2. The van der Waals surface area contributed by atoms with E-state index in [-0.39, 0.29) is 0 Å². The Balaban J connectivity index is 1.25. The molecular weight excluding hydrogens is 322 g/mol. The van der Waals surface area contributed by atoms with Gasteiger partial charge >= 0.3 is 0 Å². The number of benzene rings is 1. The molecule has 4 rings (SSSR count). The van der Waals surface area contributed by atoms with Gasteiger partial charge in [0, 0.05) is 19.1 Å². The smallest absolute Gasteiger partial charge is 0.122 e. The maximum atomic E-state index is 5.74. The van der Waals surface area contributed by atoms with Crippen molar-refractivity contribution in [1.29, 1.82) is 0 Å². The summed E-state index contributed by atoms with van der Waals surface area (Å²) in [6.07, 6.45) is 6.90. The van der Waals surface area contributed by atoms with Crippen LogP contribution in [0.1, 0.15) is 43.0 Å². The number of nitrogens with zero attached hydrogens (tertiary/aromatic N) is 2. The Labute approximate surface area is 157 Å². The summed E-state index contributed by atoms with van der Waals surface area (Å²) in [6.45, 7) is 6.84. The van der Waals surface area contributed by atoms with Crippen LogP contribution in [0.15, 0.2) is 53.1 Å². The van der Waals surface area contributed by atoms with E-state index in [1.807, 2.05) is 6.07 Å². The van der Waals surface area contributed by atoms with E-state index in [2.05, 4.69) is 51.5 Å². The molecule has 1 N–H and O–H groups in total. The number of nitrogens with one attached hydrogen (secondary N) is 1. The van der Waals surface area contributed by atoms with Crippen LogP contribution >= 0.6 is 0 Å². The van der Waals surface area contributed by atoms with E-state index in [0.717, 1.165) is 18.8 Å². The van der Waals surface area contributed by atoms with E-state index in [4.69, 9.17) is 4.42 Å². The van der Waals surface area contributed by atoms with Gasteiger partial charge in [0.25, 0.3) is 0 Å². The van der Waals surface area contributed by atoms with Crippen molar-refractivity contribution in [3.8, 4) is 0 Å². The fourth-order valence-electron chi connectivity index (χ4n) is 4.36. The molecule has 0 spiro atoms. The van der Waals surface area contributed by atoms with Gasteiger partial charge in [-0.15, -0.1) is 0 Å². The van der Waals surface area contributed by atoms with Crippen LogP contribution in [-0.4, -0.2) is 48.6 Å². The molecule has 2 aliphatic heterocycles. The molecule has 2 saturated heterocycles. The molecule has 2 aromatic rings. The third kappa shape index (κ3) is 4.56. The second-order valence-corrected chi connectivity index (χ2v) is 7.72. The number of hydrogen-bond donors (Lipinski definition) is 1. The van der Waals surface area contributed by atoms with E-state index in [1.54, 1.807) is 6.26 Å². The lowest BCUT2D eigenvalue weighted by atomic mass is 10.0. The summed E-state index contributed by atoms with van der Waals surface area (Å²) in [4.78, 5) is 5.16. The third-order valence-corrected chi connectivity index (χ3v) is 5.89. The monoisotopic (exact) mass is 353 g/mol. The third-order valence-electron chi connectivity index (χ3n) is 5.89. The first kappa shape index (κ1) is 17.8. The normalized spacial score (nSPS) is 21.2. The van der Waals surface area contributed by atoms with Crippen molar-refractivity contribution in [3.05, 3.63) is 60.1 Å². The van der Waals surface area contributed by atoms with E-state index in [9.17, 15) is 0 Å². The van der Waals surface area contributed by atoms with Crippen molar-refractivity contribution in [3.63, 3.8) is 0 Å².